The summed E-state index contributed by atoms with van der Waals surface area (Å²) in [7, 11) is 2.67. The summed E-state index contributed by atoms with van der Waals surface area (Å²) >= 11 is 1.23. The molecule has 0 fully saturated rings. The third-order valence-corrected chi connectivity index (χ3v) is 5.19. The molecule has 0 aliphatic heterocycles. The van der Waals surface area contributed by atoms with E-state index in [1.165, 1.54) is 32.0 Å². The number of ether oxygens (including phenoxy) is 3. The Labute approximate surface area is 198 Å². The summed E-state index contributed by atoms with van der Waals surface area (Å²) in [5.74, 6) is -0.549. The van der Waals surface area contributed by atoms with E-state index in [1.54, 1.807) is 42.7 Å². The van der Waals surface area contributed by atoms with Gasteiger partial charge in [0.15, 0.2) is 23.3 Å². The van der Waals surface area contributed by atoms with E-state index in [4.69, 9.17) is 14.2 Å². The first-order valence-corrected chi connectivity index (χ1v) is 11.0. The van der Waals surface area contributed by atoms with E-state index in [1.807, 2.05) is 6.07 Å². The summed E-state index contributed by atoms with van der Waals surface area (Å²) in [6, 6.07) is 13.0. The summed E-state index contributed by atoms with van der Waals surface area (Å²) in [4.78, 5) is 43.3. The maximum Gasteiger partial charge on any atom is 0.339 e. The smallest absolute Gasteiger partial charge is 0.339 e. The number of hydrogen-bond acceptors (Lipinski definition) is 9. The van der Waals surface area contributed by atoms with Gasteiger partial charge in [0.05, 0.1) is 31.2 Å². The lowest BCUT2D eigenvalue weighted by Crippen LogP contribution is -2.22. The quantitative estimate of drug-likeness (QED) is 0.282. The fourth-order valence-electron chi connectivity index (χ4n) is 3.01. The highest BCUT2D eigenvalue weighted by Gasteiger charge is 2.17. The summed E-state index contributed by atoms with van der Waals surface area (Å²) in [6.45, 7) is -0.367. The fraction of sp³-hybridized carbons (Fsp3) is 0.174. The Kier molecular flexibility index (Phi) is 7.89. The zero-order valence-corrected chi connectivity index (χ0v) is 19.3. The van der Waals surface area contributed by atoms with Crippen molar-refractivity contribution in [1.29, 1.82) is 5.26 Å². The number of aromatic nitrogens is 2. The van der Waals surface area contributed by atoms with Gasteiger partial charge in [-0.1, -0.05) is 23.9 Å². The van der Waals surface area contributed by atoms with Crippen molar-refractivity contribution in [2.45, 2.75) is 5.16 Å². The number of H-pyrrole nitrogens is 1. The number of aromatic amines is 1. The number of nitrogens with one attached hydrogen (secondary N) is 2. The number of nitrogens with zero attached hydrogens (tertiary/aromatic N) is 2. The van der Waals surface area contributed by atoms with Crippen molar-refractivity contribution >= 4 is 29.3 Å². The molecule has 0 spiro atoms. The molecule has 0 radical (unpaired) electrons. The fourth-order valence-corrected chi connectivity index (χ4v) is 3.38. The molecule has 1 aromatic heterocycles. The Balaban J connectivity index is 1.80. The van der Waals surface area contributed by atoms with Gasteiger partial charge in [-0.2, -0.15) is 5.26 Å². The van der Waals surface area contributed by atoms with Crippen molar-refractivity contribution < 1.29 is 23.8 Å². The number of nitriles is 1. The third kappa shape index (κ3) is 5.36. The van der Waals surface area contributed by atoms with E-state index in [0.29, 0.717) is 16.4 Å². The molecule has 0 aliphatic carbocycles. The van der Waals surface area contributed by atoms with Crippen molar-refractivity contribution in [3.63, 3.8) is 0 Å². The molecule has 0 unspecified atom stereocenters. The van der Waals surface area contributed by atoms with Crippen LogP contribution in [0.15, 0.2) is 52.4 Å². The molecular formula is C23H20N4O6S. The minimum absolute atomic E-state index is 0.128. The van der Waals surface area contributed by atoms with E-state index in [2.05, 4.69) is 15.3 Å². The number of hydrogen-bond donors (Lipinski definition) is 2. The van der Waals surface area contributed by atoms with Gasteiger partial charge < -0.3 is 24.5 Å². The highest BCUT2D eigenvalue weighted by atomic mass is 32.2. The van der Waals surface area contributed by atoms with Crippen molar-refractivity contribution in [2.24, 2.45) is 0 Å². The van der Waals surface area contributed by atoms with E-state index >= 15 is 0 Å². The number of amides is 1. The second kappa shape index (κ2) is 11.0. The van der Waals surface area contributed by atoms with Crippen LogP contribution >= 0.6 is 11.8 Å². The first-order chi connectivity index (χ1) is 16.4. The lowest BCUT2D eigenvalue weighted by atomic mass is 10.1. The van der Waals surface area contributed by atoms with Crippen LogP contribution in [-0.2, 0) is 9.53 Å². The Morgan fingerprint density at radius 2 is 1.94 bits per heavy atom. The van der Waals surface area contributed by atoms with Gasteiger partial charge in [-0.25, -0.2) is 9.78 Å². The van der Waals surface area contributed by atoms with Crippen LogP contribution < -0.4 is 20.3 Å². The molecule has 11 heteroatoms. The van der Waals surface area contributed by atoms with Crippen LogP contribution in [0.4, 0.5) is 5.69 Å². The standard InChI is InChI=1S/C23H20N4O6S/c1-31-18-10-13(20-15(11-24)21(29)27-23(26-20)34-3)8-9-17(18)33-12-19(28)25-16-7-5-4-6-14(16)22(30)32-2/h4-10H,12H2,1-3H3,(H,25,28)(H,26,27,29). The molecule has 174 valence electrons. The Hall–Kier alpha value is -4.30. The van der Waals surface area contributed by atoms with E-state index < -0.39 is 17.4 Å². The molecule has 2 N–H and O–H groups in total. The van der Waals surface area contributed by atoms with Crippen molar-refractivity contribution in [2.75, 3.05) is 32.4 Å². The van der Waals surface area contributed by atoms with Crippen molar-refractivity contribution in [3.05, 3.63) is 63.9 Å². The second-order valence-electron chi connectivity index (χ2n) is 6.65. The van der Waals surface area contributed by atoms with Crippen LogP contribution in [0.3, 0.4) is 0 Å². The monoisotopic (exact) mass is 480 g/mol. The van der Waals surface area contributed by atoms with Gasteiger partial charge >= 0.3 is 5.97 Å². The second-order valence-corrected chi connectivity index (χ2v) is 7.45. The summed E-state index contributed by atoms with van der Waals surface area (Å²) < 4.78 is 15.7. The molecule has 0 saturated carbocycles. The number of benzene rings is 2. The highest BCUT2D eigenvalue weighted by molar-refractivity contribution is 7.98. The molecule has 10 nitrogen and oxygen atoms in total. The molecule has 1 heterocycles. The molecule has 0 atom stereocenters. The van der Waals surface area contributed by atoms with Crippen LogP contribution in [-0.4, -0.2) is 48.9 Å². The number of carbonyl (C=O) groups is 2. The molecule has 0 aliphatic rings. The number of anilines is 1. The summed E-state index contributed by atoms with van der Waals surface area (Å²) in [5, 5.41) is 12.4. The minimum atomic E-state index is -0.580. The first-order valence-electron chi connectivity index (χ1n) is 9.78. The van der Waals surface area contributed by atoms with Crippen LogP contribution in [0.25, 0.3) is 11.3 Å². The minimum Gasteiger partial charge on any atom is -0.493 e. The molecular weight excluding hydrogens is 460 g/mol. The van der Waals surface area contributed by atoms with Crippen LogP contribution in [0, 0.1) is 11.3 Å². The zero-order valence-electron chi connectivity index (χ0n) is 18.5. The topological polar surface area (TPSA) is 143 Å². The third-order valence-electron chi connectivity index (χ3n) is 4.61. The van der Waals surface area contributed by atoms with Gasteiger partial charge in [-0.15, -0.1) is 0 Å². The SMILES string of the molecule is COC(=O)c1ccccc1NC(=O)COc1ccc(-c2nc(SC)[nH]c(=O)c2C#N)cc1OC. The van der Waals surface area contributed by atoms with E-state index in [-0.39, 0.29) is 34.9 Å². The van der Waals surface area contributed by atoms with E-state index in [0.717, 1.165) is 0 Å². The highest BCUT2D eigenvalue weighted by Crippen LogP contribution is 2.33. The Morgan fingerprint density at radius 3 is 2.62 bits per heavy atom. The van der Waals surface area contributed by atoms with Crippen molar-refractivity contribution in [3.8, 4) is 28.8 Å². The lowest BCUT2D eigenvalue weighted by molar-refractivity contribution is -0.118. The largest absolute Gasteiger partial charge is 0.493 e. The van der Waals surface area contributed by atoms with Crippen LogP contribution in [0.2, 0.25) is 0 Å². The molecule has 3 aromatic rings. The number of para-hydroxylation sites is 1. The van der Waals surface area contributed by atoms with E-state index in [9.17, 15) is 19.6 Å². The lowest BCUT2D eigenvalue weighted by Gasteiger charge is -2.13. The van der Waals surface area contributed by atoms with Gasteiger partial charge in [-0.3, -0.25) is 9.59 Å². The van der Waals surface area contributed by atoms with Crippen LogP contribution in [0.1, 0.15) is 15.9 Å². The number of carbonyl (C=O) groups excluding carboxylic acids is 2. The average Bonchev–Trinajstić information content (AvgIpc) is 2.86. The number of methoxy groups -OCH3 is 2. The predicted molar refractivity (Wildman–Crippen MR) is 125 cm³/mol. The first kappa shape index (κ1) is 24.3. The molecule has 2 aromatic carbocycles. The van der Waals surface area contributed by atoms with Gasteiger partial charge in [-0.05, 0) is 36.6 Å². The summed E-state index contributed by atoms with van der Waals surface area (Å²) in [5.41, 5.74) is 0.510. The molecule has 0 saturated heterocycles. The van der Waals surface area contributed by atoms with Gasteiger partial charge in [0.25, 0.3) is 11.5 Å². The molecule has 1 amide bonds. The Morgan fingerprint density at radius 1 is 1.18 bits per heavy atom. The molecule has 3 rings (SSSR count). The van der Waals surface area contributed by atoms with Gasteiger partial charge in [0, 0.05) is 5.56 Å². The van der Waals surface area contributed by atoms with Gasteiger partial charge in [0.1, 0.15) is 11.6 Å². The average molecular weight is 481 g/mol. The van der Waals surface area contributed by atoms with Gasteiger partial charge in [0.2, 0.25) is 0 Å². The zero-order chi connectivity index (χ0) is 24.7. The molecule has 0 bridgehead atoms. The van der Waals surface area contributed by atoms with Crippen LogP contribution in [0.5, 0.6) is 11.5 Å². The number of thioether (sulfide) groups is 1. The number of esters is 1. The maximum atomic E-state index is 12.4. The maximum absolute atomic E-state index is 12.4. The Bertz CT molecular complexity index is 1330. The number of rotatable bonds is 8. The normalized spacial score (nSPS) is 10.2. The summed E-state index contributed by atoms with van der Waals surface area (Å²) in [6.07, 6.45) is 1.75. The predicted octanol–water partition coefficient (Wildman–Crippen LogP) is 2.84. The molecule has 34 heavy (non-hydrogen) atoms. The van der Waals surface area contributed by atoms with Crippen molar-refractivity contribution in [1.82, 2.24) is 9.97 Å².